The van der Waals surface area contributed by atoms with Crippen molar-refractivity contribution in [2.24, 2.45) is 23.7 Å². The minimum absolute atomic E-state index is 0.402. The Labute approximate surface area is 136 Å². The van der Waals surface area contributed by atoms with Gasteiger partial charge in [0.1, 0.15) is 6.17 Å². The van der Waals surface area contributed by atoms with E-state index in [0.717, 1.165) is 37.7 Å². The van der Waals surface area contributed by atoms with Crippen molar-refractivity contribution < 1.29 is 4.39 Å². The Morgan fingerprint density at radius 1 is 1.36 bits per heavy atom. The van der Waals surface area contributed by atoms with Crippen LogP contribution < -0.4 is 0 Å². The number of unbranched alkanes of at least 4 members (excludes halogenated alkanes) is 1. The molecule has 22 heavy (non-hydrogen) atoms. The van der Waals surface area contributed by atoms with Gasteiger partial charge in [0.2, 0.25) is 0 Å². The fourth-order valence-electron chi connectivity index (χ4n) is 3.77. The average Bonchev–Trinajstić information content (AvgIpc) is 2.47. The summed E-state index contributed by atoms with van der Waals surface area (Å²) in [5.74, 6) is 4.69. The largest absolute Gasteiger partial charge is 0.259 e. The first-order valence-electron chi connectivity index (χ1n) is 9.01. The molecule has 0 saturated heterocycles. The first-order valence-corrected chi connectivity index (χ1v) is 9.01. The van der Waals surface area contributed by atoms with Gasteiger partial charge in [-0.15, -0.1) is 6.58 Å². The smallest absolute Gasteiger partial charge is 0.100 e. The average molecular weight is 307 g/mol. The van der Waals surface area contributed by atoms with Crippen LogP contribution >= 0.6 is 0 Å². The van der Waals surface area contributed by atoms with Crippen molar-refractivity contribution in [3.8, 4) is 0 Å². The van der Waals surface area contributed by atoms with E-state index in [9.17, 15) is 4.39 Å². The van der Waals surface area contributed by atoms with E-state index in [2.05, 4.69) is 33.2 Å². The SMILES string of the molecule is C=CC[C@H](C)CCCCC(F)CC1CC(=C=N)C(C)CC1C. The van der Waals surface area contributed by atoms with Gasteiger partial charge in [-0.1, -0.05) is 46.1 Å². The Morgan fingerprint density at radius 2 is 2.05 bits per heavy atom. The predicted octanol–water partition coefficient (Wildman–Crippen LogP) is 6.34. The maximum Gasteiger partial charge on any atom is 0.100 e. The van der Waals surface area contributed by atoms with E-state index in [-0.39, 0.29) is 0 Å². The van der Waals surface area contributed by atoms with E-state index in [0.29, 0.717) is 36.5 Å². The summed E-state index contributed by atoms with van der Waals surface area (Å²) < 4.78 is 14.3. The highest BCUT2D eigenvalue weighted by Crippen LogP contribution is 2.39. The van der Waals surface area contributed by atoms with E-state index in [1.165, 1.54) is 6.42 Å². The zero-order valence-corrected chi connectivity index (χ0v) is 14.7. The molecule has 0 bridgehead atoms. The molecule has 4 unspecified atom stereocenters. The molecule has 0 radical (unpaired) electrons. The minimum Gasteiger partial charge on any atom is -0.259 e. The first-order chi connectivity index (χ1) is 10.5. The number of hydrogen-bond donors (Lipinski definition) is 1. The standard InChI is InChI=1S/C20H34FN/c1-5-8-15(2)9-6-7-10-20(21)13-18-12-19(14-22)17(4)11-16(18)3/h5,15-18,20,22H,1,6-13H2,2-4H3/t15-,16?,17?,18?,20?/m0/s1. The van der Waals surface area contributed by atoms with Gasteiger partial charge in [0.05, 0.1) is 0 Å². The lowest BCUT2D eigenvalue weighted by molar-refractivity contribution is 0.177. The molecule has 0 aromatic heterocycles. The van der Waals surface area contributed by atoms with Crippen LogP contribution in [0.25, 0.3) is 0 Å². The van der Waals surface area contributed by atoms with E-state index < -0.39 is 6.17 Å². The summed E-state index contributed by atoms with van der Waals surface area (Å²) in [5, 5.41) is 7.39. The fourth-order valence-corrected chi connectivity index (χ4v) is 3.77. The van der Waals surface area contributed by atoms with Gasteiger partial charge in [0.25, 0.3) is 0 Å². The topological polar surface area (TPSA) is 23.9 Å². The summed E-state index contributed by atoms with van der Waals surface area (Å²) in [6.45, 7) is 10.4. The number of rotatable bonds is 9. The molecule has 1 aliphatic rings. The molecule has 0 heterocycles. The van der Waals surface area contributed by atoms with E-state index in [1.807, 2.05) is 6.08 Å². The third kappa shape index (κ3) is 6.48. The Hall–Kier alpha value is -0.880. The number of halogens is 1. The molecule has 5 atom stereocenters. The second kappa shape index (κ2) is 10.0. The highest BCUT2D eigenvalue weighted by Gasteiger charge is 2.30. The molecule has 1 fully saturated rings. The molecular weight excluding hydrogens is 273 g/mol. The van der Waals surface area contributed by atoms with Crippen molar-refractivity contribution in [3.63, 3.8) is 0 Å². The zero-order valence-electron chi connectivity index (χ0n) is 14.7. The van der Waals surface area contributed by atoms with Crippen LogP contribution in [-0.4, -0.2) is 12.0 Å². The van der Waals surface area contributed by atoms with Crippen LogP contribution in [0.1, 0.15) is 72.1 Å². The summed E-state index contributed by atoms with van der Waals surface area (Å²) in [6.07, 6.45) is 8.98. The van der Waals surface area contributed by atoms with E-state index >= 15 is 0 Å². The molecule has 1 nitrogen and oxygen atoms in total. The molecule has 0 aliphatic heterocycles. The Morgan fingerprint density at radius 3 is 2.68 bits per heavy atom. The van der Waals surface area contributed by atoms with Gasteiger partial charge in [-0.25, -0.2) is 4.39 Å². The minimum atomic E-state index is -0.678. The normalized spacial score (nSPS) is 28.0. The Balaban J connectivity index is 2.28. The quantitative estimate of drug-likeness (QED) is 0.292. The van der Waals surface area contributed by atoms with Crippen LogP contribution in [0.15, 0.2) is 18.2 Å². The number of allylic oxidation sites excluding steroid dienone is 2. The predicted molar refractivity (Wildman–Crippen MR) is 94.3 cm³/mol. The summed E-state index contributed by atoms with van der Waals surface area (Å²) in [7, 11) is 0. The van der Waals surface area contributed by atoms with Crippen LogP contribution in [0.5, 0.6) is 0 Å². The van der Waals surface area contributed by atoms with Crippen molar-refractivity contribution in [3.05, 3.63) is 18.2 Å². The molecular formula is C20H34FN. The van der Waals surface area contributed by atoms with Crippen LogP contribution in [0.3, 0.4) is 0 Å². The second-order valence-electron chi connectivity index (χ2n) is 7.48. The molecule has 0 spiro atoms. The number of nitrogens with one attached hydrogen (secondary N) is 1. The maximum atomic E-state index is 14.3. The lowest BCUT2D eigenvalue weighted by atomic mass is 9.71. The lowest BCUT2D eigenvalue weighted by Gasteiger charge is -2.34. The number of hydrogen-bond acceptors (Lipinski definition) is 1. The van der Waals surface area contributed by atoms with Gasteiger partial charge in [0, 0.05) is 0 Å². The van der Waals surface area contributed by atoms with Gasteiger partial charge in [-0.05, 0) is 67.2 Å². The van der Waals surface area contributed by atoms with Crippen molar-refractivity contribution in [1.82, 2.24) is 0 Å². The van der Waals surface area contributed by atoms with Crippen molar-refractivity contribution in [1.29, 1.82) is 5.41 Å². The second-order valence-corrected chi connectivity index (χ2v) is 7.48. The van der Waals surface area contributed by atoms with Crippen molar-refractivity contribution in [2.75, 3.05) is 0 Å². The monoisotopic (exact) mass is 307 g/mol. The third-order valence-electron chi connectivity index (χ3n) is 5.36. The van der Waals surface area contributed by atoms with Gasteiger partial charge in [-0.2, -0.15) is 0 Å². The summed E-state index contributed by atoms with van der Waals surface area (Å²) in [5.41, 5.74) is 1.09. The molecule has 1 saturated carbocycles. The van der Waals surface area contributed by atoms with Crippen molar-refractivity contribution >= 4 is 5.87 Å². The molecule has 0 aromatic rings. The first kappa shape index (κ1) is 19.2. The summed E-state index contributed by atoms with van der Waals surface area (Å²) in [4.78, 5) is 0. The fraction of sp³-hybridized carbons (Fsp3) is 0.800. The summed E-state index contributed by atoms with van der Waals surface area (Å²) in [6, 6.07) is 0. The molecule has 1 aliphatic carbocycles. The molecule has 0 aromatic carbocycles. The van der Waals surface area contributed by atoms with Crippen molar-refractivity contribution in [2.45, 2.75) is 78.3 Å². The molecule has 1 N–H and O–H groups in total. The van der Waals surface area contributed by atoms with Gasteiger partial charge >= 0.3 is 0 Å². The van der Waals surface area contributed by atoms with Crippen LogP contribution in [0.4, 0.5) is 4.39 Å². The Kier molecular flexibility index (Phi) is 8.71. The van der Waals surface area contributed by atoms with Gasteiger partial charge < -0.3 is 0 Å². The van der Waals surface area contributed by atoms with Crippen LogP contribution in [0, 0.1) is 29.1 Å². The molecule has 2 heteroatoms. The molecule has 126 valence electrons. The highest BCUT2D eigenvalue weighted by molar-refractivity contribution is 5.55. The zero-order chi connectivity index (χ0) is 16.5. The summed E-state index contributed by atoms with van der Waals surface area (Å²) >= 11 is 0. The highest BCUT2D eigenvalue weighted by atomic mass is 19.1. The van der Waals surface area contributed by atoms with Gasteiger partial charge in [-0.3, -0.25) is 5.41 Å². The third-order valence-corrected chi connectivity index (χ3v) is 5.36. The van der Waals surface area contributed by atoms with Crippen LogP contribution in [-0.2, 0) is 0 Å². The number of alkyl halides is 1. The molecule has 1 rings (SSSR count). The molecule has 0 amide bonds. The van der Waals surface area contributed by atoms with Crippen LogP contribution in [0.2, 0.25) is 0 Å². The van der Waals surface area contributed by atoms with Gasteiger partial charge in [0.15, 0.2) is 0 Å². The maximum absolute atomic E-state index is 14.3. The lowest BCUT2D eigenvalue weighted by Crippen LogP contribution is -2.26. The van der Waals surface area contributed by atoms with E-state index in [4.69, 9.17) is 5.41 Å². The Bertz CT molecular complexity index is 383. The van der Waals surface area contributed by atoms with E-state index in [1.54, 1.807) is 0 Å².